The van der Waals surface area contributed by atoms with Crippen LogP contribution >= 0.6 is 11.3 Å². The first-order chi connectivity index (χ1) is 11.9. The zero-order chi connectivity index (χ0) is 18.2. The van der Waals surface area contributed by atoms with Crippen LogP contribution in [0.1, 0.15) is 25.6 Å². The van der Waals surface area contributed by atoms with E-state index in [0.29, 0.717) is 0 Å². The number of hydrogen-bond acceptors (Lipinski definition) is 5. The first kappa shape index (κ1) is 17.5. The van der Waals surface area contributed by atoms with Gasteiger partial charge in [-0.2, -0.15) is 4.31 Å². The first-order valence-electron chi connectivity index (χ1n) is 7.46. The van der Waals surface area contributed by atoms with Crippen LogP contribution in [0.25, 0.3) is 0 Å². The molecule has 0 saturated heterocycles. The van der Waals surface area contributed by atoms with Gasteiger partial charge in [-0.05, 0) is 29.6 Å². The molecule has 6 nitrogen and oxygen atoms in total. The van der Waals surface area contributed by atoms with Gasteiger partial charge in [0.05, 0.1) is 16.0 Å². The Kier molecular flexibility index (Phi) is 4.59. The molecule has 1 aliphatic rings. The van der Waals surface area contributed by atoms with Crippen molar-refractivity contribution >= 4 is 33.2 Å². The monoisotopic (exact) mass is 376 g/mol. The highest BCUT2D eigenvalue weighted by Crippen LogP contribution is 2.27. The van der Waals surface area contributed by atoms with Crippen molar-refractivity contribution in [1.82, 2.24) is 9.21 Å². The quantitative estimate of drug-likeness (QED) is 0.573. The number of rotatable bonds is 6. The van der Waals surface area contributed by atoms with Crippen LogP contribution in [0.15, 0.2) is 53.3 Å². The molecule has 8 heteroatoms. The van der Waals surface area contributed by atoms with E-state index in [2.05, 4.69) is 6.58 Å². The maximum atomic E-state index is 13.0. The number of sulfonamides is 1. The lowest BCUT2D eigenvalue weighted by atomic mass is 10.1. The predicted molar refractivity (Wildman–Crippen MR) is 95.0 cm³/mol. The third kappa shape index (κ3) is 3.04. The molecule has 3 rings (SSSR count). The van der Waals surface area contributed by atoms with Gasteiger partial charge in [0.1, 0.15) is 0 Å². The fourth-order valence-corrected chi connectivity index (χ4v) is 4.83. The lowest BCUT2D eigenvalue weighted by Gasteiger charge is -2.20. The summed E-state index contributed by atoms with van der Waals surface area (Å²) in [6, 6.07) is 7.75. The van der Waals surface area contributed by atoms with E-state index < -0.39 is 21.8 Å². The molecule has 130 valence electrons. The van der Waals surface area contributed by atoms with Gasteiger partial charge in [0, 0.05) is 25.0 Å². The van der Waals surface area contributed by atoms with Crippen molar-refractivity contribution in [2.45, 2.75) is 11.4 Å². The molecule has 0 spiro atoms. The summed E-state index contributed by atoms with van der Waals surface area (Å²) in [6.45, 7) is 3.98. The summed E-state index contributed by atoms with van der Waals surface area (Å²) < 4.78 is 27.3. The van der Waals surface area contributed by atoms with E-state index in [1.54, 1.807) is 0 Å². The molecule has 2 heterocycles. The Morgan fingerprint density at radius 1 is 1.20 bits per heavy atom. The van der Waals surface area contributed by atoms with Crippen LogP contribution in [-0.2, 0) is 16.6 Å². The minimum absolute atomic E-state index is 0.0129. The average molecular weight is 376 g/mol. The van der Waals surface area contributed by atoms with Crippen molar-refractivity contribution in [3.63, 3.8) is 0 Å². The molecule has 1 aromatic heterocycles. The number of hydrogen-bond donors (Lipinski definition) is 0. The molecule has 1 aromatic carbocycles. The summed E-state index contributed by atoms with van der Waals surface area (Å²) in [5.41, 5.74) is 0.336. The van der Waals surface area contributed by atoms with Crippen molar-refractivity contribution in [1.29, 1.82) is 0 Å². The van der Waals surface area contributed by atoms with Crippen LogP contribution in [0, 0.1) is 0 Å². The second-order valence-corrected chi connectivity index (χ2v) is 8.51. The van der Waals surface area contributed by atoms with E-state index in [1.165, 1.54) is 47.0 Å². The Labute approximate surface area is 150 Å². The van der Waals surface area contributed by atoms with Crippen LogP contribution in [0.3, 0.4) is 0 Å². The minimum Gasteiger partial charge on any atom is -0.277 e. The van der Waals surface area contributed by atoms with E-state index in [1.807, 2.05) is 17.5 Å². The molecule has 2 aromatic rings. The van der Waals surface area contributed by atoms with Crippen LogP contribution in [0.5, 0.6) is 0 Å². The molecule has 2 amide bonds. The van der Waals surface area contributed by atoms with Crippen molar-refractivity contribution in [2.75, 3.05) is 13.6 Å². The molecule has 0 unspecified atom stereocenters. The predicted octanol–water partition coefficient (Wildman–Crippen LogP) is 2.35. The Morgan fingerprint density at radius 2 is 1.92 bits per heavy atom. The number of thiophene rings is 1. The van der Waals surface area contributed by atoms with Gasteiger partial charge in [-0.25, -0.2) is 8.42 Å². The Hall–Kier alpha value is -2.29. The molecular weight excluding hydrogens is 360 g/mol. The Balaban J connectivity index is 2.00. The molecular formula is C17H16N2O4S2. The molecule has 0 bridgehead atoms. The zero-order valence-corrected chi connectivity index (χ0v) is 15.1. The van der Waals surface area contributed by atoms with Crippen LogP contribution in [0.4, 0.5) is 0 Å². The smallest absolute Gasteiger partial charge is 0.261 e. The van der Waals surface area contributed by atoms with Gasteiger partial charge in [-0.15, -0.1) is 17.9 Å². The summed E-state index contributed by atoms with van der Waals surface area (Å²) in [7, 11) is -2.46. The lowest BCUT2D eigenvalue weighted by Crippen LogP contribution is -2.30. The normalized spacial score (nSPS) is 14.2. The molecule has 25 heavy (non-hydrogen) atoms. The van der Waals surface area contributed by atoms with Gasteiger partial charge in [0.25, 0.3) is 11.8 Å². The number of amides is 2. The molecule has 0 saturated carbocycles. The van der Waals surface area contributed by atoms with Crippen LogP contribution in [-0.4, -0.2) is 43.0 Å². The lowest BCUT2D eigenvalue weighted by molar-refractivity contribution is 0.0693. The van der Waals surface area contributed by atoms with Gasteiger partial charge in [0.15, 0.2) is 0 Å². The highest BCUT2D eigenvalue weighted by atomic mass is 32.2. The summed E-state index contributed by atoms with van der Waals surface area (Å²) in [6.07, 6.45) is 1.51. The van der Waals surface area contributed by atoms with Crippen LogP contribution < -0.4 is 0 Å². The van der Waals surface area contributed by atoms with E-state index >= 15 is 0 Å². The van der Waals surface area contributed by atoms with Gasteiger partial charge in [0.2, 0.25) is 10.0 Å². The minimum atomic E-state index is -3.83. The number of nitrogens with zero attached hydrogens (tertiary/aromatic N) is 2. The third-order valence-electron chi connectivity index (χ3n) is 3.94. The standard InChI is InChI=1S/C17H16N2O4S2/c1-3-8-19(11-12-5-4-9-24-12)25(22,23)13-6-7-14-15(10-13)17(21)18(2)16(14)20/h3-7,9-10H,1,8,11H2,2H3. The Bertz CT molecular complexity index is 949. The summed E-state index contributed by atoms with van der Waals surface area (Å²) in [5, 5.41) is 1.88. The van der Waals surface area contributed by atoms with Gasteiger partial charge < -0.3 is 0 Å². The van der Waals surface area contributed by atoms with Gasteiger partial charge in [-0.3, -0.25) is 14.5 Å². The first-order valence-corrected chi connectivity index (χ1v) is 9.78. The van der Waals surface area contributed by atoms with Gasteiger partial charge >= 0.3 is 0 Å². The summed E-state index contributed by atoms with van der Waals surface area (Å²) >= 11 is 1.46. The second kappa shape index (κ2) is 6.55. The number of carbonyl (C=O) groups is 2. The molecule has 0 aliphatic carbocycles. The third-order valence-corrected chi connectivity index (χ3v) is 6.61. The highest BCUT2D eigenvalue weighted by Gasteiger charge is 2.35. The van der Waals surface area contributed by atoms with Crippen molar-refractivity contribution < 1.29 is 18.0 Å². The number of benzene rings is 1. The van der Waals surface area contributed by atoms with E-state index in [9.17, 15) is 18.0 Å². The number of imide groups is 1. The fraction of sp³-hybridized carbons (Fsp3) is 0.176. The van der Waals surface area contributed by atoms with Crippen molar-refractivity contribution in [3.05, 3.63) is 64.4 Å². The van der Waals surface area contributed by atoms with E-state index in [4.69, 9.17) is 0 Å². The number of fused-ring (bicyclic) bond motifs is 1. The molecule has 1 aliphatic heterocycles. The summed E-state index contributed by atoms with van der Waals surface area (Å²) in [5.74, 6) is -0.920. The maximum absolute atomic E-state index is 13.0. The SMILES string of the molecule is C=CCN(Cc1cccs1)S(=O)(=O)c1ccc2c(c1)C(=O)N(C)C2=O. The van der Waals surface area contributed by atoms with E-state index in [0.717, 1.165) is 9.78 Å². The van der Waals surface area contributed by atoms with Crippen LogP contribution in [0.2, 0.25) is 0 Å². The average Bonchev–Trinajstić information content (AvgIpc) is 3.18. The molecule has 0 radical (unpaired) electrons. The molecule has 0 atom stereocenters. The zero-order valence-electron chi connectivity index (χ0n) is 13.5. The Morgan fingerprint density at radius 3 is 2.56 bits per heavy atom. The molecule has 0 N–H and O–H groups in total. The van der Waals surface area contributed by atoms with Crippen molar-refractivity contribution in [2.24, 2.45) is 0 Å². The highest BCUT2D eigenvalue weighted by molar-refractivity contribution is 7.89. The fourth-order valence-electron chi connectivity index (χ4n) is 2.62. The van der Waals surface area contributed by atoms with Crippen molar-refractivity contribution in [3.8, 4) is 0 Å². The number of carbonyl (C=O) groups excluding carboxylic acids is 2. The topological polar surface area (TPSA) is 74.8 Å². The maximum Gasteiger partial charge on any atom is 0.261 e. The summed E-state index contributed by atoms with van der Waals surface area (Å²) in [4.78, 5) is 25.9. The van der Waals surface area contributed by atoms with E-state index in [-0.39, 0.29) is 29.1 Å². The largest absolute Gasteiger partial charge is 0.277 e. The van der Waals surface area contributed by atoms with Gasteiger partial charge in [-0.1, -0.05) is 12.1 Å². The second-order valence-electron chi connectivity index (χ2n) is 5.54. The molecule has 0 fully saturated rings.